The Morgan fingerprint density at radius 2 is 1.88 bits per heavy atom. The molecule has 11 heteroatoms. The summed E-state index contributed by atoms with van der Waals surface area (Å²) < 4.78 is 38.8. The first-order chi connectivity index (χ1) is 15.2. The minimum absolute atomic E-state index is 0.102. The fourth-order valence-corrected chi connectivity index (χ4v) is 4.94. The summed E-state index contributed by atoms with van der Waals surface area (Å²) in [5.74, 6) is -1.17. The van der Waals surface area contributed by atoms with Crippen molar-refractivity contribution in [2.45, 2.75) is 42.5 Å². The number of carbonyl (C=O) groups is 2. The van der Waals surface area contributed by atoms with E-state index in [1.54, 1.807) is 0 Å². The van der Waals surface area contributed by atoms with Crippen LogP contribution in [0, 0.1) is 0 Å². The van der Waals surface area contributed by atoms with Gasteiger partial charge in [0, 0.05) is 25.2 Å². The van der Waals surface area contributed by atoms with Crippen LogP contribution >= 0.6 is 0 Å². The molecule has 0 spiro atoms. The molecule has 0 unspecified atom stereocenters. The van der Waals surface area contributed by atoms with Crippen molar-refractivity contribution in [3.63, 3.8) is 0 Å². The standard InChI is InChI=1S/C21H31N3O7S/c1-29-18-6-5-16(32(22,27)28)13-17(18)20(26)31-14-19(25)23-15-21(7-3-2-4-8-21)24-9-11-30-12-10-24/h5-6,13H,2-4,7-12,14-15H2,1H3,(H,23,25)(H2,22,27,28). The lowest BCUT2D eigenvalue weighted by Gasteiger charge is -2.48. The number of nitrogens with two attached hydrogens (primary N) is 1. The molecule has 2 fully saturated rings. The minimum Gasteiger partial charge on any atom is -0.496 e. The quantitative estimate of drug-likeness (QED) is 0.530. The lowest BCUT2D eigenvalue weighted by molar-refractivity contribution is -0.125. The van der Waals surface area contributed by atoms with E-state index in [0.717, 1.165) is 44.8 Å². The normalized spacial score (nSPS) is 19.2. The van der Waals surface area contributed by atoms with Crippen LogP contribution < -0.4 is 15.2 Å². The van der Waals surface area contributed by atoms with E-state index in [2.05, 4.69) is 10.2 Å². The number of esters is 1. The molecule has 10 nitrogen and oxygen atoms in total. The number of nitrogens with zero attached hydrogens (tertiary/aromatic N) is 1. The second kappa shape index (κ2) is 10.6. The van der Waals surface area contributed by atoms with Crippen molar-refractivity contribution in [2.24, 2.45) is 5.14 Å². The van der Waals surface area contributed by atoms with E-state index in [1.165, 1.54) is 25.7 Å². The lowest BCUT2D eigenvalue weighted by Crippen LogP contribution is -2.59. The first-order valence-electron chi connectivity index (χ1n) is 10.7. The fraction of sp³-hybridized carbons (Fsp3) is 0.619. The number of rotatable bonds is 8. The van der Waals surface area contributed by atoms with Crippen molar-refractivity contribution in [1.82, 2.24) is 10.2 Å². The highest BCUT2D eigenvalue weighted by molar-refractivity contribution is 7.89. The molecule has 1 aliphatic heterocycles. The second-order valence-corrected chi connectivity index (χ2v) is 9.71. The van der Waals surface area contributed by atoms with Crippen LogP contribution in [0.4, 0.5) is 0 Å². The number of morpholine rings is 1. The maximum atomic E-state index is 12.5. The van der Waals surface area contributed by atoms with Crippen molar-refractivity contribution in [1.29, 1.82) is 0 Å². The third kappa shape index (κ3) is 5.97. The highest BCUT2D eigenvalue weighted by atomic mass is 32.2. The monoisotopic (exact) mass is 469 g/mol. The number of methoxy groups -OCH3 is 1. The molecule has 1 amide bonds. The number of primary sulfonamides is 1. The van der Waals surface area contributed by atoms with Crippen molar-refractivity contribution >= 4 is 21.9 Å². The van der Waals surface area contributed by atoms with Crippen LogP contribution in [-0.2, 0) is 24.3 Å². The van der Waals surface area contributed by atoms with Crippen LogP contribution in [0.5, 0.6) is 5.75 Å². The molecule has 1 saturated carbocycles. The van der Waals surface area contributed by atoms with Crippen molar-refractivity contribution < 1.29 is 32.2 Å². The highest BCUT2D eigenvalue weighted by Crippen LogP contribution is 2.33. The number of hydrogen-bond acceptors (Lipinski definition) is 8. The van der Waals surface area contributed by atoms with E-state index < -0.39 is 28.5 Å². The second-order valence-electron chi connectivity index (χ2n) is 8.14. The Balaban J connectivity index is 1.60. The molecule has 178 valence electrons. The zero-order valence-electron chi connectivity index (χ0n) is 18.3. The average molecular weight is 470 g/mol. The molecule has 0 aromatic heterocycles. The molecular weight excluding hydrogens is 438 g/mol. The van der Waals surface area contributed by atoms with E-state index >= 15 is 0 Å². The Kier molecular flexibility index (Phi) is 8.10. The summed E-state index contributed by atoms with van der Waals surface area (Å²) in [5, 5.41) is 8.04. The minimum atomic E-state index is -4.01. The summed E-state index contributed by atoms with van der Waals surface area (Å²) >= 11 is 0. The Morgan fingerprint density at radius 3 is 2.50 bits per heavy atom. The molecule has 1 aromatic rings. The topological polar surface area (TPSA) is 137 Å². The van der Waals surface area contributed by atoms with Gasteiger partial charge in [-0.25, -0.2) is 18.4 Å². The molecule has 0 bridgehead atoms. The molecule has 1 heterocycles. The van der Waals surface area contributed by atoms with E-state index in [0.29, 0.717) is 19.8 Å². The largest absolute Gasteiger partial charge is 0.496 e. The molecule has 3 N–H and O–H groups in total. The van der Waals surface area contributed by atoms with Gasteiger partial charge in [-0.1, -0.05) is 19.3 Å². The van der Waals surface area contributed by atoms with E-state index in [9.17, 15) is 18.0 Å². The predicted molar refractivity (Wildman–Crippen MR) is 116 cm³/mol. The molecule has 0 radical (unpaired) electrons. The number of amides is 1. The van der Waals surface area contributed by atoms with Gasteiger partial charge in [0.25, 0.3) is 5.91 Å². The van der Waals surface area contributed by atoms with Crippen LogP contribution in [0.2, 0.25) is 0 Å². The maximum Gasteiger partial charge on any atom is 0.342 e. The number of ether oxygens (including phenoxy) is 3. The van der Waals surface area contributed by atoms with Crippen molar-refractivity contribution in [3.05, 3.63) is 23.8 Å². The molecule has 2 aliphatic rings. The van der Waals surface area contributed by atoms with Gasteiger partial charge < -0.3 is 19.5 Å². The Bertz CT molecular complexity index is 923. The SMILES string of the molecule is COc1ccc(S(N)(=O)=O)cc1C(=O)OCC(=O)NCC1(N2CCOCC2)CCCCC1. The van der Waals surface area contributed by atoms with Gasteiger partial charge in [0.05, 0.1) is 25.2 Å². The van der Waals surface area contributed by atoms with Gasteiger partial charge in [-0.2, -0.15) is 0 Å². The molecule has 3 rings (SSSR count). The number of benzene rings is 1. The zero-order valence-corrected chi connectivity index (χ0v) is 19.1. The number of sulfonamides is 1. The van der Waals surface area contributed by atoms with Crippen LogP contribution in [0.1, 0.15) is 42.5 Å². The molecular formula is C21H31N3O7S. The summed E-state index contributed by atoms with van der Waals surface area (Å²) in [6, 6.07) is 3.61. The van der Waals surface area contributed by atoms with Gasteiger partial charge >= 0.3 is 5.97 Å². The lowest BCUT2D eigenvalue weighted by atomic mass is 9.79. The van der Waals surface area contributed by atoms with Crippen LogP contribution in [0.15, 0.2) is 23.1 Å². The van der Waals surface area contributed by atoms with Crippen LogP contribution in [0.3, 0.4) is 0 Å². The van der Waals surface area contributed by atoms with E-state index in [4.69, 9.17) is 19.3 Å². The Morgan fingerprint density at radius 1 is 1.19 bits per heavy atom. The summed E-state index contributed by atoms with van der Waals surface area (Å²) in [4.78, 5) is 27.1. The van der Waals surface area contributed by atoms with Crippen molar-refractivity contribution in [2.75, 3.05) is 46.6 Å². The molecule has 1 aliphatic carbocycles. The summed E-state index contributed by atoms with van der Waals surface area (Å²) in [5.41, 5.74) is -0.224. The Labute approximate surface area is 188 Å². The van der Waals surface area contributed by atoms with Gasteiger partial charge in [-0.15, -0.1) is 0 Å². The van der Waals surface area contributed by atoms with Gasteiger partial charge in [0.2, 0.25) is 10.0 Å². The molecule has 0 atom stereocenters. The maximum absolute atomic E-state index is 12.5. The smallest absolute Gasteiger partial charge is 0.342 e. The third-order valence-electron chi connectivity index (χ3n) is 6.13. The predicted octanol–water partition coefficient (Wildman–Crippen LogP) is 0.651. The van der Waals surface area contributed by atoms with Crippen LogP contribution in [-0.4, -0.2) is 77.3 Å². The first kappa shape index (κ1) is 24.4. The van der Waals surface area contributed by atoms with Gasteiger partial charge in [0.15, 0.2) is 6.61 Å². The summed E-state index contributed by atoms with van der Waals surface area (Å²) in [7, 11) is -2.67. The van der Waals surface area contributed by atoms with E-state index in [-0.39, 0.29) is 21.7 Å². The van der Waals surface area contributed by atoms with Gasteiger partial charge in [-0.05, 0) is 31.0 Å². The van der Waals surface area contributed by atoms with E-state index in [1.807, 2.05) is 0 Å². The average Bonchev–Trinajstić information content (AvgIpc) is 2.81. The summed E-state index contributed by atoms with van der Waals surface area (Å²) in [6.45, 7) is 3.05. The molecule has 1 saturated heterocycles. The van der Waals surface area contributed by atoms with Gasteiger partial charge in [0.1, 0.15) is 11.3 Å². The van der Waals surface area contributed by atoms with Gasteiger partial charge in [-0.3, -0.25) is 9.69 Å². The fourth-order valence-electron chi connectivity index (χ4n) is 4.40. The first-order valence-corrected chi connectivity index (χ1v) is 12.3. The number of hydrogen-bond donors (Lipinski definition) is 2. The Hall–Kier alpha value is -2.21. The number of carbonyl (C=O) groups excluding carboxylic acids is 2. The molecule has 1 aromatic carbocycles. The number of nitrogens with one attached hydrogen (secondary N) is 1. The zero-order chi connectivity index (χ0) is 23.2. The highest BCUT2D eigenvalue weighted by Gasteiger charge is 2.38. The van der Waals surface area contributed by atoms with Crippen molar-refractivity contribution in [3.8, 4) is 5.75 Å². The molecule has 32 heavy (non-hydrogen) atoms. The third-order valence-corrected chi connectivity index (χ3v) is 7.05. The van der Waals surface area contributed by atoms with Crippen LogP contribution in [0.25, 0.3) is 0 Å². The summed E-state index contributed by atoms with van der Waals surface area (Å²) in [6.07, 6.45) is 5.43.